The molecule has 0 bridgehead atoms. The van der Waals surface area contributed by atoms with E-state index in [0.29, 0.717) is 6.61 Å². The van der Waals surface area contributed by atoms with Gasteiger partial charge < -0.3 is 13.9 Å². The fourth-order valence-corrected chi connectivity index (χ4v) is 5.64. The normalized spacial score (nSPS) is 10.7. The van der Waals surface area contributed by atoms with E-state index in [0.717, 1.165) is 47.8 Å². The molecule has 5 aromatic rings. The van der Waals surface area contributed by atoms with Crippen molar-refractivity contribution in [3.05, 3.63) is 121 Å². The van der Waals surface area contributed by atoms with Gasteiger partial charge in [0.2, 0.25) is 0 Å². The lowest BCUT2D eigenvalue weighted by atomic mass is 10.2. The molecule has 0 aliphatic heterocycles. The number of rotatable bonds is 5. The number of pyridine rings is 2. The first-order valence-corrected chi connectivity index (χ1v) is 14.1. The van der Waals surface area contributed by atoms with Gasteiger partial charge in [-0.3, -0.25) is 0 Å². The molecule has 190 valence electrons. The minimum Gasteiger partial charge on any atom is -0.487 e. The van der Waals surface area contributed by atoms with E-state index in [1.165, 1.54) is 11.4 Å². The van der Waals surface area contributed by atoms with E-state index in [1.807, 2.05) is 42.5 Å². The topological polar surface area (TPSA) is 44.9 Å². The van der Waals surface area contributed by atoms with E-state index in [4.69, 9.17) is 4.74 Å². The van der Waals surface area contributed by atoms with Crippen molar-refractivity contribution in [3.63, 3.8) is 0 Å². The molecule has 4 aromatic heterocycles. The molecule has 0 saturated carbocycles. The first-order chi connectivity index (χ1) is 17.7. The van der Waals surface area contributed by atoms with Crippen molar-refractivity contribution < 1.29 is 4.74 Å². The van der Waals surface area contributed by atoms with E-state index in [1.54, 1.807) is 12.4 Å². The molecule has 5 nitrogen and oxygen atoms in total. The Morgan fingerprint density at radius 2 is 1.14 bits per heavy atom. The highest BCUT2D eigenvalue weighted by molar-refractivity contribution is 9.11. The first-order valence-electron chi connectivity index (χ1n) is 11.7. The van der Waals surface area contributed by atoms with Gasteiger partial charge in [-0.25, -0.2) is 9.97 Å². The van der Waals surface area contributed by atoms with Crippen LogP contribution in [-0.4, -0.2) is 19.1 Å². The summed E-state index contributed by atoms with van der Waals surface area (Å²) in [6.07, 6.45) is 3.57. The predicted octanol–water partition coefficient (Wildman–Crippen LogP) is 8.84. The summed E-state index contributed by atoms with van der Waals surface area (Å²) in [5.41, 5.74) is 5.82. The van der Waals surface area contributed by atoms with Gasteiger partial charge >= 0.3 is 0 Å². The Morgan fingerprint density at radius 3 is 1.62 bits per heavy atom. The zero-order chi connectivity index (χ0) is 26.5. The van der Waals surface area contributed by atoms with Gasteiger partial charge in [-0.05, 0) is 117 Å². The Bertz CT molecular complexity index is 1470. The second-order valence-corrected chi connectivity index (χ2v) is 11.2. The largest absolute Gasteiger partial charge is 0.487 e. The van der Waals surface area contributed by atoms with Gasteiger partial charge in [0.25, 0.3) is 0 Å². The van der Waals surface area contributed by atoms with Crippen LogP contribution in [-0.2, 0) is 6.61 Å². The Kier molecular flexibility index (Phi) is 9.05. The summed E-state index contributed by atoms with van der Waals surface area (Å²) in [5.74, 6) is 2.56. The maximum Gasteiger partial charge on any atom is 0.151 e. The zero-order valence-corrected chi connectivity index (χ0v) is 25.8. The van der Waals surface area contributed by atoms with E-state index in [9.17, 15) is 0 Å². The Balaban J connectivity index is 0.000000186. The van der Waals surface area contributed by atoms with Gasteiger partial charge in [0.15, 0.2) is 11.6 Å². The molecule has 1 aromatic carbocycles. The molecule has 0 radical (unpaired) electrons. The first kappa shape index (κ1) is 27.4. The van der Waals surface area contributed by atoms with Gasteiger partial charge in [0, 0.05) is 33.4 Å². The van der Waals surface area contributed by atoms with Crippen molar-refractivity contribution in [1.82, 2.24) is 19.1 Å². The number of hydrogen-bond acceptors (Lipinski definition) is 3. The molecule has 0 atom stereocenters. The SMILES string of the molecule is Cc1ccc(C)n1-c1ncc(Br)cc1Br.Cc1ccc(C)n1-c1ncc(OCc2ccccc2)cc1Br. The summed E-state index contributed by atoms with van der Waals surface area (Å²) in [6, 6.07) is 22.4. The smallest absolute Gasteiger partial charge is 0.151 e. The molecule has 8 heteroatoms. The molecule has 5 rings (SSSR count). The van der Waals surface area contributed by atoms with Gasteiger partial charge in [-0.15, -0.1) is 0 Å². The van der Waals surface area contributed by atoms with Crippen LogP contribution < -0.4 is 4.74 Å². The average Bonchev–Trinajstić information content (AvgIpc) is 3.39. The highest BCUT2D eigenvalue weighted by Gasteiger charge is 2.11. The fraction of sp³-hybridized carbons (Fsp3) is 0.172. The number of benzene rings is 1. The van der Waals surface area contributed by atoms with Crippen LogP contribution in [0.15, 0.2) is 92.5 Å². The number of hydrogen-bond donors (Lipinski definition) is 0. The summed E-state index contributed by atoms with van der Waals surface area (Å²) < 4.78 is 12.9. The van der Waals surface area contributed by atoms with Gasteiger partial charge in [-0.1, -0.05) is 30.3 Å². The fourth-order valence-electron chi connectivity index (χ4n) is 3.97. The number of ether oxygens (including phenoxy) is 1. The van der Waals surface area contributed by atoms with E-state index < -0.39 is 0 Å². The van der Waals surface area contributed by atoms with Crippen molar-refractivity contribution in [2.45, 2.75) is 34.3 Å². The second kappa shape index (κ2) is 12.2. The quantitative estimate of drug-likeness (QED) is 0.186. The van der Waals surface area contributed by atoms with Gasteiger partial charge in [0.05, 0.1) is 15.1 Å². The lowest BCUT2D eigenvalue weighted by Gasteiger charge is -2.12. The van der Waals surface area contributed by atoms with Crippen molar-refractivity contribution in [2.24, 2.45) is 0 Å². The highest BCUT2D eigenvalue weighted by Crippen LogP contribution is 2.27. The van der Waals surface area contributed by atoms with E-state index >= 15 is 0 Å². The average molecular weight is 687 g/mol. The summed E-state index contributed by atoms with van der Waals surface area (Å²) in [7, 11) is 0. The predicted molar refractivity (Wildman–Crippen MR) is 160 cm³/mol. The van der Waals surface area contributed by atoms with Crippen LogP contribution >= 0.6 is 47.8 Å². The number of nitrogens with zero attached hydrogens (tertiary/aromatic N) is 4. The molecule has 0 spiro atoms. The summed E-state index contributed by atoms with van der Waals surface area (Å²) >= 11 is 10.5. The molecule has 0 saturated heterocycles. The Hall–Kier alpha value is -2.68. The summed E-state index contributed by atoms with van der Waals surface area (Å²) in [6.45, 7) is 8.82. The standard InChI is InChI=1S/C18H17BrN2O.C11H10Br2N2/c1-13-8-9-14(2)21(13)18-17(19)10-16(11-20-18)22-12-15-6-4-3-5-7-15;1-7-3-4-8(2)15(7)11-10(13)5-9(12)6-14-11/h3-11H,12H2,1-2H3;3-6H,1-2H3. The van der Waals surface area contributed by atoms with Crippen molar-refractivity contribution in [1.29, 1.82) is 0 Å². The molecule has 37 heavy (non-hydrogen) atoms. The van der Waals surface area contributed by atoms with Crippen LogP contribution in [0.1, 0.15) is 28.3 Å². The molecule has 0 aliphatic carbocycles. The summed E-state index contributed by atoms with van der Waals surface area (Å²) in [5, 5.41) is 0. The molecule has 0 amide bonds. The van der Waals surface area contributed by atoms with Crippen LogP contribution in [0.3, 0.4) is 0 Å². The molecule has 0 fully saturated rings. The van der Waals surface area contributed by atoms with Crippen LogP contribution in [0.4, 0.5) is 0 Å². The van der Waals surface area contributed by atoms with Crippen molar-refractivity contribution in [2.75, 3.05) is 0 Å². The van der Waals surface area contributed by atoms with Crippen LogP contribution in [0.25, 0.3) is 11.6 Å². The third-order valence-electron chi connectivity index (χ3n) is 5.80. The maximum atomic E-state index is 5.80. The maximum absolute atomic E-state index is 5.80. The van der Waals surface area contributed by atoms with Crippen molar-refractivity contribution in [3.8, 4) is 17.4 Å². The van der Waals surface area contributed by atoms with Gasteiger partial charge in [-0.2, -0.15) is 0 Å². The summed E-state index contributed by atoms with van der Waals surface area (Å²) in [4.78, 5) is 8.96. The van der Waals surface area contributed by atoms with Gasteiger partial charge in [0.1, 0.15) is 12.4 Å². The van der Waals surface area contributed by atoms with Crippen molar-refractivity contribution >= 4 is 47.8 Å². The van der Waals surface area contributed by atoms with E-state index in [2.05, 4.69) is 119 Å². The number of halogens is 3. The monoisotopic (exact) mass is 684 g/mol. The zero-order valence-electron chi connectivity index (χ0n) is 21.0. The lowest BCUT2D eigenvalue weighted by molar-refractivity contribution is 0.304. The van der Waals surface area contributed by atoms with E-state index in [-0.39, 0.29) is 0 Å². The molecule has 0 N–H and O–H groups in total. The molecular weight excluding hydrogens is 660 g/mol. The third-order valence-corrected chi connectivity index (χ3v) is 7.40. The Labute approximate surface area is 242 Å². The molecular formula is C29H27Br3N4O. The second-order valence-electron chi connectivity index (χ2n) is 8.61. The number of aromatic nitrogens is 4. The minimum atomic E-state index is 0.538. The molecule has 0 aliphatic rings. The van der Waals surface area contributed by atoms with Crippen LogP contribution in [0, 0.1) is 27.7 Å². The minimum absolute atomic E-state index is 0.538. The van der Waals surface area contributed by atoms with Crippen LogP contribution in [0.5, 0.6) is 5.75 Å². The molecule has 0 unspecified atom stereocenters. The lowest BCUT2D eigenvalue weighted by Crippen LogP contribution is -2.03. The third kappa shape index (κ3) is 6.61. The Morgan fingerprint density at radius 1 is 0.649 bits per heavy atom. The highest BCUT2D eigenvalue weighted by atomic mass is 79.9. The van der Waals surface area contributed by atoms with Crippen LogP contribution in [0.2, 0.25) is 0 Å². The number of aryl methyl sites for hydroxylation is 4. The molecule has 4 heterocycles.